The first kappa shape index (κ1) is 15.4. The van der Waals surface area contributed by atoms with Gasteiger partial charge in [-0.1, -0.05) is 36.5 Å². The summed E-state index contributed by atoms with van der Waals surface area (Å²) in [5, 5.41) is 10.3. The number of anilines is 1. The smallest absolute Gasteiger partial charge is 0.147 e. The van der Waals surface area contributed by atoms with E-state index in [1.807, 2.05) is 0 Å². The van der Waals surface area contributed by atoms with Crippen LogP contribution in [0.5, 0.6) is 0 Å². The molecule has 1 saturated heterocycles. The summed E-state index contributed by atoms with van der Waals surface area (Å²) in [5.74, 6) is 0.778. The molecule has 0 aliphatic carbocycles. The molecule has 4 nitrogen and oxygen atoms in total. The number of aromatic nitrogens is 1. The van der Waals surface area contributed by atoms with Gasteiger partial charge in [0, 0.05) is 32.4 Å². The molecule has 20 heavy (non-hydrogen) atoms. The van der Waals surface area contributed by atoms with Gasteiger partial charge in [-0.3, -0.25) is 4.90 Å². The molecule has 0 N–H and O–H groups in total. The van der Waals surface area contributed by atoms with Gasteiger partial charge < -0.3 is 4.90 Å². The standard InChI is InChI=1S/C14H18Cl2N4/c1-2-3-12(9-17)19-4-6-20(7-5-19)14-13(16)8-11(15)10-18-14/h8,10,12H,2-7H2,1H3. The average molecular weight is 313 g/mol. The van der Waals surface area contributed by atoms with Gasteiger partial charge in [-0.05, 0) is 12.5 Å². The van der Waals surface area contributed by atoms with Crippen LogP contribution in [0.2, 0.25) is 10.0 Å². The van der Waals surface area contributed by atoms with E-state index in [2.05, 4.69) is 27.8 Å². The number of hydrogen-bond donors (Lipinski definition) is 0. The third-order valence-electron chi connectivity index (χ3n) is 3.55. The first-order valence-corrected chi connectivity index (χ1v) is 7.61. The molecule has 1 aromatic heterocycles. The van der Waals surface area contributed by atoms with Crippen molar-refractivity contribution in [2.45, 2.75) is 25.8 Å². The summed E-state index contributed by atoms with van der Waals surface area (Å²) in [6, 6.07) is 4.13. The Morgan fingerprint density at radius 1 is 1.35 bits per heavy atom. The van der Waals surface area contributed by atoms with Crippen molar-refractivity contribution in [2.75, 3.05) is 31.1 Å². The Bertz CT molecular complexity index is 492. The molecule has 2 heterocycles. The minimum Gasteiger partial charge on any atom is -0.353 e. The lowest BCUT2D eigenvalue weighted by Crippen LogP contribution is -2.50. The number of rotatable bonds is 4. The first-order chi connectivity index (χ1) is 9.65. The lowest BCUT2D eigenvalue weighted by atomic mass is 10.1. The summed E-state index contributed by atoms with van der Waals surface area (Å²) >= 11 is 12.0. The molecule has 6 heteroatoms. The van der Waals surface area contributed by atoms with E-state index in [0.29, 0.717) is 10.0 Å². The van der Waals surface area contributed by atoms with Crippen LogP contribution in [-0.4, -0.2) is 42.1 Å². The van der Waals surface area contributed by atoms with Crippen molar-refractivity contribution in [3.8, 4) is 6.07 Å². The third-order valence-corrected chi connectivity index (χ3v) is 4.04. The summed E-state index contributed by atoms with van der Waals surface area (Å²) in [7, 11) is 0. The Labute approximate surface area is 129 Å². The van der Waals surface area contributed by atoms with Gasteiger partial charge in [0.05, 0.1) is 22.2 Å². The molecule has 0 bridgehead atoms. The predicted octanol–water partition coefficient (Wildman–Crippen LogP) is 3.20. The van der Waals surface area contributed by atoms with Crippen LogP contribution in [0.15, 0.2) is 12.3 Å². The largest absolute Gasteiger partial charge is 0.353 e. The summed E-state index contributed by atoms with van der Waals surface area (Å²) in [4.78, 5) is 8.69. The van der Waals surface area contributed by atoms with E-state index in [1.54, 1.807) is 12.3 Å². The number of pyridine rings is 1. The summed E-state index contributed by atoms with van der Waals surface area (Å²) in [5.41, 5.74) is 0. The van der Waals surface area contributed by atoms with Crippen molar-refractivity contribution >= 4 is 29.0 Å². The van der Waals surface area contributed by atoms with Crippen molar-refractivity contribution in [3.63, 3.8) is 0 Å². The molecule has 0 amide bonds. The van der Waals surface area contributed by atoms with Gasteiger partial charge in [0.15, 0.2) is 0 Å². The lowest BCUT2D eigenvalue weighted by molar-refractivity contribution is 0.211. The van der Waals surface area contributed by atoms with Crippen LogP contribution in [0, 0.1) is 11.3 Å². The number of halogens is 2. The van der Waals surface area contributed by atoms with Gasteiger partial charge >= 0.3 is 0 Å². The molecule has 0 saturated carbocycles. The Morgan fingerprint density at radius 2 is 2.05 bits per heavy atom. The minimum absolute atomic E-state index is 0.0239. The number of nitrogens with zero attached hydrogens (tertiary/aromatic N) is 4. The quantitative estimate of drug-likeness (QED) is 0.856. The third kappa shape index (κ3) is 3.54. The monoisotopic (exact) mass is 312 g/mol. The molecule has 1 fully saturated rings. The van der Waals surface area contributed by atoms with Crippen molar-refractivity contribution in [3.05, 3.63) is 22.3 Å². The highest BCUT2D eigenvalue weighted by Gasteiger charge is 2.24. The molecule has 1 aromatic rings. The lowest BCUT2D eigenvalue weighted by Gasteiger charge is -2.37. The minimum atomic E-state index is 0.0239. The van der Waals surface area contributed by atoms with Crippen molar-refractivity contribution in [1.82, 2.24) is 9.88 Å². The predicted molar refractivity (Wildman–Crippen MR) is 82.4 cm³/mol. The van der Waals surface area contributed by atoms with Crippen LogP contribution in [0.1, 0.15) is 19.8 Å². The van der Waals surface area contributed by atoms with Gasteiger partial charge in [0.2, 0.25) is 0 Å². The highest BCUT2D eigenvalue weighted by Crippen LogP contribution is 2.27. The second-order valence-electron chi connectivity index (χ2n) is 4.92. The van der Waals surface area contributed by atoms with Crippen LogP contribution in [0.25, 0.3) is 0 Å². The Morgan fingerprint density at radius 3 is 2.60 bits per heavy atom. The highest BCUT2D eigenvalue weighted by atomic mass is 35.5. The van der Waals surface area contributed by atoms with E-state index in [4.69, 9.17) is 23.2 Å². The van der Waals surface area contributed by atoms with Crippen LogP contribution >= 0.6 is 23.2 Å². The first-order valence-electron chi connectivity index (χ1n) is 6.85. The molecule has 0 spiro atoms. The maximum absolute atomic E-state index is 9.21. The van der Waals surface area contributed by atoms with Gasteiger partial charge in [-0.2, -0.15) is 5.26 Å². The van der Waals surface area contributed by atoms with Crippen molar-refractivity contribution in [1.29, 1.82) is 5.26 Å². The summed E-state index contributed by atoms with van der Waals surface area (Å²) in [6.07, 6.45) is 3.57. The molecule has 0 aromatic carbocycles. The van der Waals surface area contributed by atoms with E-state index in [1.165, 1.54) is 0 Å². The molecular formula is C14H18Cl2N4. The van der Waals surface area contributed by atoms with Crippen LogP contribution in [-0.2, 0) is 0 Å². The molecule has 1 aliphatic rings. The molecule has 1 atom stereocenters. The van der Waals surface area contributed by atoms with Crippen LogP contribution in [0.4, 0.5) is 5.82 Å². The van der Waals surface area contributed by atoms with E-state index in [9.17, 15) is 5.26 Å². The zero-order chi connectivity index (χ0) is 14.5. The van der Waals surface area contributed by atoms with Crippen molar-refractivity contribution < 1.29 is 0 Å². The van der Waals surface area contributed by atoms with Gasteiger partial charge in [0.25, 0.3) is 0 Å². The highest BCUT2D eigenvalue weighted by molar-refractivity contribution is 6.36. The zero-order valence-corrected chi connectivity index (χ0v) is 13.0. The van der Waals surface area contributed by atoms with Gasteiger partial charge in [0.1, 0.15) is 5.82 Å². The maximum Gasteiger partial charge on any atom is 0.147 e. The molecule has 1 unspecified atom stereocenters. The second kappa shape index (κ2) is 7.12. The van der Waals surface area contributed by atoms with Gasteiger partial charge in [-0.25, -0.2) is 4.98 Å². The fraction of sp³-hybridized carbons (Fsp3) is 0.571. The number of hydrogen-bond acceptors (Lipinski definition) is 4. The van der Waals surface area contributed by atoms with E-state index >= 15 is 0 Å². The molecule has 2 rings (SSSR count). The number of piperazine rings is 1. The van der Waals surface area contributed by atoms with E-state index < -0.39 is 0 Å². The van der Waals surface area contributed by atoms with E-state index in [-0.39, 0.29) is 6.04 Å². The zero-order valence-electron chi connectivity index (χ0n) is 11.5. The fourth-order valence-corrected chi connectivity index (χ4v) is 2.99. The Hall–Kier alpha value is -1.02. The number of nitriles is 1. The normalized spacial score (nSPS) is 17.8. The van der Waals surface area contributed by atoms with E-state index in [0.717, 1.165) is 44.8 Å². The Balaban J connectivity index is 1.99. The Kier molecular flexibility index (Phi) is 5.47. The van der Waals surface area contributed by atoms with Crippen molar-refractivity contribution in [2.24, 2.45) is 0 Å². The summed E-state index contributed by atoms with van der Waals surface area (Å²) < 4.78 is 0. The second-order valence-corrected chi connectivity index (χ2v) is 5.76. The topological polar surface area (TPSA) is 43.2 Å². The van der Waals surface area contributed by atoms with Crippen LogP contribution in [0.3, 0.4) is 0 Å². The fourth-order valence-electron chi connectivity index (χ4n) is 2.49. The molecule has 0 radical (unpaired) electrons. The molecular weight excluding hydrogens is 295 g/mol. The molecule has 1 aliphatic heterocycles. The maximum atomic E-state index is 9.21. The summed E-state index contributed by atoms with van der Waals surface area (Å²) in [6.45, 7) is 5.49. The SMILES string of the molecule is CCCC(C#N)N1CCN(c2ncc(Cl)cc2Cl)CC1. The van der Waals surface area contributed by atoms with Crippen LogP contribution < -0.4 is 4.90 Å². The average Bonchev–Trinajstić information content (AvgIpc) is 2.45. The molecule has 108 valence electrons. The van der Waals surface area contributed by atoms with Gasteiger partial charge in [-0.15, -0.1) is 0 Å².